The number of fused-ring (bicyclic) bond motifs is 1. The van der Waals surface area contributed by atoms with Crippen LogP contribution in [0.2, 0.25) is 0 Å². The lowest BCUT2D eigenvalue weighted by Crippen LogP contribution is -2.38. The Bertz CT molecular complexity index is 1020. The summed E-state index contributed by atoms with van der Waals surface area (Å²) >= 11 is 0. The fourth-order valence-corrected chi connectivity index (χ4v) is 3.61. The van der Waals surface area contributed by atoms with Gasteiger partial charge in [-0.25, -0.2) is 0 Å². The van der Waals surface area contributed by atoms with Crippen molar-refractivity contribution in [2.45, 2.75) is 5.92 Å². The van der Waals surface area contributed by atoms with Gasteiger partial charge < -0.3 is 15.0 Å². The highest BCUT2D eigenvalue weighted by Gasteiger charge is 2.26. The molecule has 0 saturated carbocycles. The van der Waals surface area contributed by atoms with E-state index in [1.54, 1.807) is 29.2 Å². The van der Waals surface area contributed by atoms with E-state index in [-0.39, 0.29) is 18.4 Å². The lowest BCUT2D eigenvalue weighted by molar-refractivity contribution is -0.121. The second-order valence-electron chi connectivity index (χ2n) is 7.01. The minimum absolute atomic E-state index is 0.00334. The van der Waals surface area contributed by atoms with Crippen molar-refractivity contribution in [3.63, 3.8) is 0 Å². The summed E-state index contributed by atoms with van der Waals surface area (Å²) in [6, 6.07) is 24.7. The summed E-state index contributed by atoms with van der Waals surface area (Å²) in [5.74, 6) is -0.134. The summed E-state index contributed by atoms with van der Waals surface area (Å²) < 4.78 is 5.52. The van der Waals surface area contributed by atoms with E-state index in [2.05, 4.69) is 11.9 Å². The van der Waals surface area contributed by atoms with Crippen LogP contribution < -0.4 is 15.0 Å². The summed E-state index contributed by atoms with van der Waals surface area (Å²) in [6.45, 7) is 4.09. The number of rotatable bonds is 6. The number of benzene rings is 3. The normalized spacial score (nSPS) is 12.8. The second kappa shape index (κ2) is 8.66. The highest BCUT2D eigenvalue weighted by molar-refractivity contribution is 6.01. The smallest absolute Gasteiger partial charge is 0.265 e. The maximum absolute atomic E-state index is 13.3. The average molecular weight is 398 g/mol. The van der Waals surface area contributed by atoms with Crippen molar-refractivity contribution in [3.8, 4) is 5.75 Å². The first-order valence-corrected chi connectivity index (χ1v) is 9.76. The third-order valence-electron chi connectivity index (χ3n) is 5.01. The van der Waals surface area contributed by atoms with Crippen molar-refractivity contribution in [1.29, 1.82) is 0 Å². The van der Waals surface area contributed by atoms with E-state index in [4.69, 9.17) is 4.74 Å². The van der Waals surface area contributed by atoms with Gasteiger partial charge in [0, 0.05) is 12.2 Å². The lowest BCUT2D eigenvalue weighted by Gasteiger charge is -2.29. The van der Waals surface area contributed by atoms with Gasteiger partial charge in [0.15, 0.2) is 6.61 Å². The van der Waals surface area contributed by atoms with Gasteiger partial charge in [-0.2, -0.15) is 0 Å². The Kier molecular flexibility index (Phi) is 5.61. The summed E-state index contributed by atoms with van der Waals surface area (Å²) in [5, 5.41) is 3.01. The summed E-state index contributed by atoms with van der Waals surface area (Å²) in [5.41, 5.74) is 3.04. The molecule has 0 unspecified atom stereocenters. The molecule has 1 aliphatic rings. The van der Waals surface area contributed by atoms with Crippen LogP contribution in [0.1, 0.15) is 17.0 Å². The van der Waals surface area contributed by atoms with E-state index in [0.29, 0.717) is 23.7 Å². The maximum atomic E-state index is 13.3. The van der Waals surface area contributed by atoms with Crippen LogP contribution in [0.4, 0.5) is 11.4 Å². The lowest BCUT2D eigenvalue weighted by atomic mass is 9.90. The van der Waals surface area contributed by atoms with Crippen molar-refractivity contribution in [2.24, 2.45) is 0 Å². The number of amides is 2. The van der Waals surface area contributed by atoms with Crippen LogP contribution in [-0.4, -0.2) is 25.0 Å². The van der Waals surface area contributed by atoms with Gasteiger partial charge in [-0.05, 0) is 29.3 Å². The van der Waals surface area contributed by atoms with Crippen LogP contribution in [0.15, 0.2) is 91.5 Å². The standard InChI is InChI=1S/C25H22N2O3/c1-2-15-27-21-16-20(13-14-22(21)30-17-23(27)28)26-25(29)24(18-9-5-3-6-10-18)19-11-7-4-8-12-19/h2-14,16,24H,1,15,17H2,(H,26,29). The summed E-state index contributed by atoms with van der Waals surface area (Å²) in [6.07, 6.45) is 1.67. The molecule has 0 saturated heterocycles. The van der Waals surface area contributed by atoms with E-state index in [9.17, 15) is 9.59 Å². The molecule has 2 amide bonds. The highest BCUT2D eigenvalue weighted by Crippen LogP contribution is 2.35. The van der Waals surface area contributed by atoms with Crippen LogP contribution in [-0.2, 0) is 9.59 Å². The van der Waals surface area contributed by atoms with E-state index in [1.807, 2.05) is 60.7 Å². The quantitative estimate of drug-likeness (QED) is 0.628. The molecule has 0 aliphatic carbocycles. The van der Waals surface area contributed by atoms with Gasteiger partial charge in [0.05, 0.1) is 11.6 Å². The van der Waals surface area contributed by atoms with Gasteiger partial charge in [-0.15, -0.1) is 6.58 Å². The molecule has 1 heterocycles. The zero-order valence-electron chi connectivity index (χ0n) is 16.5. The van der Waals surface area contributed by atoms with Crippen molar-refractivity contribution >= 4 is 23.2 Å². The number of ether oxygens (including phenoxy) is 1. The molecule has 4 rings (SSSR count). The Labute approximate surface area is 175 Å². The minimum Gasteiger partial charge on any atom is -0.482 e. The van der Waals surface area contributed by atoms with E-state index >= 15 is 0 Å². The molecule has 30 heavy (non-hydrogen) atoms. The van der Waals surface area contributed by atoms with E-state index in [0.717, 1.165) is 11.1 Å². The molecule has 3 aromatic rings. The molecule has 5 heteroatoms. The first-order valence-electron chi connectivity index (χ1n) is 9.76. The molecule has 0 aromatic heterocycles. The van der Waals surface area contributed by atoms with Gasteiger partial charge in [-0.1, -0.05) is 66.7 Å². The Balaban J connectivity index is 1.65. The number of nitrogens with zero attached hydrogens (tertiary/aromatic N) is 1. The molecule has 150 valence electrons. The van der Waals surface area contributed by atoms with Gasteiger partial charge >= 0.3 is 0 Å². The minimum atomic E-state index is -0.453. The molecule has 0 atom stereocenters. The van der Waals surface area contributed by atoms with Gasteiger partial charge in [-0.3, -0.25) is 9.59 Å². The van der Waals surface area contributed by atoms with Crippen molar-refractivity contribution in [2.75, 3.05) is 23.4 Å². The predicted octanol–water partition coefficient (Wildman–Crippen LogP) is 4.37. The average Bonchev–Trinajstić information content (AvgIpc) is 2.77. The highest BCUT2D eigenvalue weighted by atomic mass is 16.5. The van der Waals surface area contributed by atoms with Crippen LogP contribution >= 0.6 is 0 Å². The third kappa shape index (κ3) is 3.96. The number of carbonyl (C=O) groups excluding carboxylic acids is 2. The van der Waals surface area contributed by atoms with Crippen LogP contribution in [0, 0.1) is 0 Å². The van der Waals surface area contributed by atoms with E-state index in [1.165, 1.54) is 0 Å². The van der Waals surface area contributed by atoms with Crippen LogP contribution in [0.25, 0.3) is 0 Å². The molecule has 5 nitrogen and oxygen atoms in total. The molecular weight excluding hydrogens is 376 g/mol. The summed E-state index contributed by atoms with van der Waals surface area (Å²) in [7, 11) is 0. The largest absolute Gasteiger partial charge is 0.482 e. The Morgan fingerprint density at radius 2 is 1.67 bits per heavy atom. The molecule has 3 aromatic carbocycles. The Hall–Kier alpha value is -3.86. The zero-order chi connectivity index (χ0) is 20.9. The van der Waals surface area contributed by atoms with Gasteiger partial charge in [0.25, 0.3) is 5.91 Å². The third-order valence-corrected chi connectivity index (χ3v) is 5.01. The molecule has 1 aliphatic heterocycles. The predicted molar refractivity (Wildman–Crippen MR) is 118 cm³/mol. The van der Waals surface area contributed by atoms with Crippen LogP contribution in [0.5, 0.6) is 5.75 Å². The van der Waals surface area contributed by atoms with Crippen molar-refractivity contribution in [1.82, 2.24) is 0 Å². The SMILES string of the molecule is C=CCN1C(=O)COc2ccc(NC(=O)C(c3ccccc3)c3ccccc3)cc21. The first kappa shape index (κ1) is 19.5. The molecule has 0 fully saturated rings. The molecule has 0 spiro atoms. The van der Waals surface area contributed by atoms with Gasteiger partial charge in [0.2, 0.25) is 5.91 Å². The number of hydrogen-bond acceptors (Lipinski definition) is 3. The second-order valence-corrected chi connectivity index (χ2v) is 7.01. The van der Waals surface area contributed by atoms with E-state index < -0.39 is 5.92 Å². The number of carbonyl (C=O) groups is 2. The topological polar surface area (TPSA) is 58.6 Å². The molecule has 1 N–H and O–H groups in total. The molecular formula is C25H22N2O3. The number of nitrogens with one attached hydrogen (secondary N) is 1. The Morgan fingerprint density at radius 3 is 2.27 bits per heavy atom. The molecule has 0 bridgehead atoms. The first-order chi connectivity index (χ1) is 14.7. The number of hydrogen-bond donors (Lipinski definition) is 1. The zero-order valence-corrected chi connectivity index (χ0v) is 16.5. The fraction of sp³-hybridized carbons (Fsp3) is 0.120. The maximum Gasteiger partial charge on any atom is 0.265 e. The van der Waals surface area contributed by atoms with Gasteiger partial charge in [0.1, 0.15) is 5.75 Å². The van der Waals surface area contributed by atoms with Crippen molar-refractivity contribution < 1.29 is 14.3 Å². The summed E-state index contributed by atoms with van der Waals surface area (Å²) in [4.78, 5) is 27.1. The van der Waals surface area contributed by atoms with Crippen molar-refractivity contribution in [3.05, 3.63) is 103 Å². The number of anilines is 2. The van der Waals surface area contributed by atoms with Crippen LogP contribution in [0.3, 0.4) is 0 Å². The Morgan fingerprint density at radius 1 is 1.03 bits per heavy atom. The fourth-order valence-electron chi connectivity index (χ4n) is 3.61. The monoisotopic (exact) mass is 398 g/mol. The molecule has 0 radical (unpaired) electrons.